The van der Waals surface area contributed by atoms with Gasteiger partial charge in [-0.2, -0.15) is 0 Å². The van der Waals surface area contributed by atoms with Crippen molar-refractivity contribution >= 4 is 23.4 Å². The van der Waals surface area contributed by atoms with Gasteiger partial charge in [0.05, 0.1) is 11.8 Å². The Kier molecular flexibility index (Phi) is 4.76. The molecule has 0 aliphatic rings. The number of amides is 1. The standard InChI is InChI=1S/C20H15N3O3S/c1-27-17-10-3-2-8-15(17)18(24)21-14-7-4-6-13(12-14)19-22-23-20(26-19)16-9-5-11-25-16/h2-12H,1H3,(H,21,24). The van der Waals surface area contributed by atoms with Crippen molar-refractivity contribution in [2.24, 2.45) is 0 Å². The molecule has 134 valence electrons. The average molecular weight is 377 g/mol. The van der Waals surface area contributed by atoms with Gasteiger partial charge >= 0.3 is 0 Å². The summed E-state index contributed by atoms with van der Waals surface area (Å²) < 4.78 is 10.9. The predicted octanol–water partition coefficient (Wildman–Crippen LogP) is 4.97. The third-order valence-corrected chi connectivity index (χ3v) is 4.67. The largest absolute Gasteiger partial charge is 0.459 e. The van der Waals surface area contributed by atoms with E-state index in [2.05, 4.69) is 15.5 Å². The van der Waals surface area contributed by atoms with E-state index in [4.69, 9.17) is 8.83 Å². The highest BCUT2D eigenvalue weighted by Gasteiger charge is 2.14. The molecule has 1 amide bonds. The number of hydrogen-bond acceptors (Lipinski definition) is 6. The molecule has 0 bridgehead atoms. The molecule has 0 aliphatic carbocycles. The lowest BCUT2D eigenvalue weighted by atomic mass is 10.1. The minimum Gasteiger partial charge on any atom is -0.459 e. The Bertz CT molecular complexity index is 1070. The van der Waals surface area contributed by atoms with Crippen LogP contribution in [0, 0.1) is 0 Å². The summed E-state index contributed by atoms with van der Waals surface area (Å²) in [6.45, 7) is 0. The monoisotopic (exact) mass is 377 g/mol. The van der Waals surface area contributed by atoms with E-state index in [1.165, 1.54) is 11.8 Å². The van der Waals surface area contributed by atoms with Crippen LogP contribution < -0.4 is 5.32 Å². The zero-order valence-corrected chi connectivity index (χ0v) is 15.2. The fraction of sp³-hybridized carbons (Fsp3) is 0.0500. The van der Waals surface area contributed by atoms with Gasteiger partial charge in [-0.25, -0.2) is 0 Å². The zero-order chi connectivity index (χ0) is 18.6. The molecule has 0 aliphatic heterocycles. The van der Waals surface area contributed by atoms with Gasteiger partial charge < -0.3 is 14.2 Å². The van der Waals surface area contributed by atoms with Crippen LogP contribution in [0.4, 0.5) is 5.69 Å². The summed E-state index contributed by atoms with van der Waals surface area (Å²) in [4.78, 5) is 13.5. The third kappa shape index (κ3) is 3.63. The molecule has 4 aromatic rings. The molecule has 0 saturated carbocycles. The molecule has 2 aromatic carbocycles. The molecule has 7 heteroatoms. The number of hydrogen-bond donors (Lipinski definition) is 1. The van der Waals surface area contributed by atoms with Crippen LogP contribution in [0.2, 0.25) is 0 Å². The third-order valence-electron chi connectivity index (χ3n) is 3.88. The maximum absolute atomic E-state index is 12.6. The molecule has 4 rings (SSSR count). The molecule has 0 unspecified atom stereocenters. The number of rotatable bonds is 5. The smallest absolute Gasteiger partial charge is 0.283 e. The number of anilines is 1. The van der Waals surface area contributed by atoms with E-state index in [0.29, 0.717) is 34.4 Å². The van der Waals surface area contributed by atoms with Gasteiger partial charge in [-0.15, -0.1) is 22.0 Å². The van der Waals surface area contributed by atoms with Crippen LogP contribution in [-0.4, -0.2) is 22.4 Å². The minimum atomic E-state index is -0.168. The Morgan fingerprint density at radius 2 is 1.85 bits per heavy atom. The second kappa shape index (κ2) is 7.51. The fourth-order valence-corrected chi connectivity index (χ4v) is 3.20. The number of nitrogens with one attached hydrogen (secondary N) is 1. The molecule has 0 atom stereocenters. The minimum absolute atomic E-state index is 0.168. The van der Waals surface area contributed by atoms with Crippen molar-refractivity contribution in [3.63, 3.8) is 0 Å². The quantitative estimate of drug-likeness (QED) is 0.495. The zero-order valence-electron chi connectivity index (χ0n) is 14.4. The molecule has 27 heavy (non-hydrogen) atoms. The topological polar surface area (TPSA) is 81.2 Å². The van der Waals surface area contributed by atoms with E-state index in [1.807, 2.05) is 42.7 Å². The van der Waals surface area contributed by atoms with E-state index >= 15 is 0 Å². The second-order valence-electron chi connectivity index (χ2n) is 5.62. The van der Waals surface area contributed by atoms with Crippen molar-refractivity contribution < 1.29 is 13.6 Å². The summed E-state index contributed by atoms with van der Waals surface area (Å²) in [7, 11) is 0. The van der Waals surface area contributed by atoms with Crippen molar-refractivity contribution in [2.75, 3.05) is 11.6 Å². The average Bonchev–Trinajstić information content (AvgIpc) is 3.39. The lowest BCUT2D eigenvalue weighted by molar-refractivity contribution is 0.102. The first kappa shape index (κ1) is 17.1. The van der Waals surface area contributed by atoms with Crippen molar-refractivity contribution in [3.05, 3.63) is 72.5 Å². The number of furan rings is 1. The van der Waals surface area contributed by atoms with Gasteiger partial charge in [-0.05, 0) is 48.7 Å². The molecule has 0 fully saturated rings. The molecule has 0 spiro atoms. The lowest BCUT2D eigenvalue weighted by Crippen LogP contribution is -2.12. The van der Waals surface area contributed by atoms with Gasteiger partial charge in [0, 0.05) is 16.1 Å². The van der Waals surface area contributed by atoms with Crippen molar-refractivity contribution in [3.8, 4) is 23.1 Å². The molecular formula is C20H15N3O3S. The summed E-state index contributed by atoms with van der Waals surface area (Å²) in [6, 6.07) is 18.2. The fourth-order valence-electron chi connectivity index (χ4n) is 2.60. The number of carbonyl (C=O) groups excluding carboxylic acids is 1. The molecule has 1 N–H and O–H groups in total. The number of nitrogens with zero attached hydrogens (tertiary/aromatic N) is 2. The Labute approximate surface area is 159 Å². The molecule has 0 radical (unpaired) electrons. The molecule has 0 saturated heterocycles. The van der Waals surface area contributed by atoms with Crippen LogP contribution in [0.5, 0.6) is 0 Å². The normalized spacial score (nSPS) is 10.7. The SMILES string of the molecule is CSc1ccccc1C(=O)Nc1cccc(-c2nnc(-c3ccco3)o2)c1. The Balaban J connectivity index is 1.57. The number of carbonyl (C=O) groups is 1. The highest BCUT2D eigenvalue weighted by Crippen LogP contribution is 2.26. The van der Waals surface area contributed by atoms with Gasteiger partial charge in [-0.1, -0.05) is 18.2 Å². The number of aromatic nitrogens is 2. The Hall–Kier alpha value is -3.32. The molecule has 2 heterocycles. The Morgan fingerprint density at radius 1 is 1.00 bits per heavy atom. The first-order valence-electron chi connectivity index (χ1n) is 8.17. The van der Waals surface area contributed by atoms with Crippen LogP contribution in [0.15, 0.2) is 80.7 Å². The molecular weight excluding hydrogens is 362 g/mol. The molecule has 2 aromatic heterocycles. The summed E-state index contributed by atoms with van der Waals surface area (Å²) >= 11 is 1.53. The van der Waals surface area contributed by atoms with Crippen molar-refractivity contribution in [1.82, 2.24) is 10.2 Å². The van der Waals surface area contributed by atoms with Crippen molar-refractivity contribution in [1.29, 1.82) is 0 Å². The van der Waals surface area contributed by atoms with Crippen LogP contribution in [0.3, 0.4) is 0 Å². The van der Waals surface area contributed by atoms with Gasteiger partial charge in [-0.3, -0.25) is 4.79 Å². The molecule has 6 nitrogen and oxygen atoms in total. The number of benzene rings is 2. The summed E-state index contributed by atoms with van der Waals surface area (Å²) in [5.74, 6) is 0.992. The van der Waals surface area contributed by atoms with E-state index < -0.39 is 0 Å². The lowest BCUT2D eigenvalue weighted by Gasteiger charge is -2.09. The van der Waals surface area contributed by atoms with Gasteiger partial charge in [0.2, 0.25) is 5.89 Å². The maximum atomic E-state index is 12.6. The van der Waals surface area contributed by atoms with Crippen LogP contribution in [0.25, 0.3) is 23.1 Å². The van der Waals surface area contributed by atoms with E-state index in [1.54, 1.807) is 30.5 Å². The summed E-state index contributed by atoms with van der Waals surface area (Å²) in [5.41, 5.74) is 1.98. The van der Waals surface area contributed by atoms with Gasteiger partial charge in [0.25, 0.3) is 11.8 Å². The van der Waals surface area contributed by atoms with E-state index in [9.17, 15) is 4.79 Å². The van der Waals surface area contributed by atoms with E-state index in [0.717, 1.165) is 4.90 Å². The van der Waals surface area contributed by atoms with Crippen LogP contribution in [-0.2, 0) is 0 Å². The maximum Gasteiger partial charge on any atom is 0.283 e. The Morgan fingerprint density at radius 3 is 2.67 bits per heavy atom. The van der Waals surface area contributed by atoms with Gasteiger partial charge in [0.15, 0.2) is 5.76 Å². The summed E-state index contributed by atoms with van der Waals surface area (Å²) in [6.07, 6.45) is 3.49. The number of thioether (sulfide) groups is 1. The van der Waals surface area contributed by atoms with Gasteiger partial charge in [0.1, 0.15) is 0 Å². The first-order valence-corrected chi connectivity index (χ1v) is 9.39. The highest BCUT2D eigenvalue weighted by atomic mass is 32.2. The summed E-state index contributed by atoms with van der Waals surface area (Å²) in [5, 5.41) is 11.0. The van der Waals surface area contributed by atoms with E-state index in [-0.39, 0.29) is 5.91 Å². The second-order valence-corrected chi connectivity index (χ2v) is 6.47. The van der Waals surface area contributed by atoms with Crippen molar-refractivity contribution in [2.45, 2.75) is 4.90 Å². The van der Waals surface area contributed by atoms with Crippen LogP contribution >= 0.6 is 11.8 Å². The highest BCUT2D eigenvalue weighted by molar-refractivity contribution is 7.98. The first-order chi connectivity index (χ1) is 13.2. The van der Waals surface area contributed by atoms with Crippen LogP contribution in [0.1, 0.15) is 10.4 Å². The predicted molar refractivity (Wildman–Crippen MR) is 104 cm³/mol.